The zero-order chi connectivity index (χ0) is 24.4. The molecule has 1 aromatic carbocycles. The van der Waals surface area contributed by atoms with Gasteiger partial charge in [-0.25, -0.2) is 0 Å². The van der Waals surface area contributed by atoms with Gasteiger partial charge in [-0.3, -0.25) is 19.1 Å². The number of hydrogen-bond donors (Lipinski definition) is 1. The lowest BCUT2D eigenvalue weighted by atomic mass is 10.1. The fourth-order valence-electron chi connectivity index (χ4n) is 4.61. The van der Waals surface area contributed by atoms with Crippen LogP contribution >= 0.6 is 0 Å². The number of rotatable bonds is 7. The molecule has 1 aliphatic heterocycles. The number of carbonyl (C=O) groups is 3. The smallest absolute Gasteiger partial charge is 0.269 e. The number of nitrogens with zero attached hydrogens (tertiary/aromatic N) is 4. The topological polar surface area (TPSA) is 101 Å². The fourth-order valence-corrected chi connectivity index (χ4v) is 4.61. The largest absolute Gasteiger partial charge is 0.463 e. The van der Waals surface area contributed by atoms with Gasteiger partial charge in [0.2, 0.25) is 5.91 Å². The van der Waals surface area contributed by atoms with Gasteiger partial charge in [-0.1, -0.05) is 25.1 Å². The van der Waals surface area contributed by atoms with Crippen LogP contribution in [0.3, 0.4) is 0 Å². The highest BCUT2D eigenvalue weighted by Gasteiger charge is 2.42. The first-order valence-corrected chi connectivity index (χ1v) is 11.8. The summed E-state index contributed by atoms with van der Waals surface area (Å²) in [6.07, 6.45) is 2.52. The maximum atomic E-state index is 13.6. The van der Waals surface area contributed by atoms with Crippen molar-refractivity contribution in [3.8, 4) is 0 Å². The van der Waals surface area contributed by atoms with E-state index in [4.69, 9.17) is 4.42 Å². The zero-order valence-corrected chi connectivity index (χ0v) is 20.1. The van der Waals surface area contributed by atoms with Crippen LogP contribution in [0, 0.1) is 0 Å². The summed E-state index contributed by atoms with van der Waals surface area (Å²) in [5, 5.41) is 8.06. The Hall–Kier alpha value is -3.62. The minimum atomic E-state index is -0.663. The number of likely N-dealkylation sites (tertiary alicyclic amines) is 1. The number of furan rings is 1. The number of aryl methyl sites for hydroxylation is 2. The van der Waals surface area contributed by atoms with Gasteiger partial charge in [0.15, 0.2) is 0 Å². The molecular formula is C25H31N5O4. The monoisotopic (exact) mass is 465 g/mol. The van der Waals surface area contributed by atoms with Crippen molar-refractivity contribution in [3.63, 3.8) is 0 Å². The molecule has 0 bridgehead atoms. The van der Waals surface area contributed by atoms with Crippen molar-refractivity contribution >= 4 is 28.7 Å². The van der Waals surface area contributed by atoms with Gasteiger partial charge < -0.3 is 19.5 Å². The summed E-state index contributed by atoms with van der Waals surface area (Å²) in [6, 6.07) is 8.06. The summed E-state index contributed by atoms with van der Waals surface area (Å²) in [5.74, 6) is -0.658. The minimum absolute atomic E-state index is 0.114. The van der Waals surface area contributed by atoms with Crippen LogP contribution in [0.25, 0.3) is 11.0 Å². The third kappa shape index (κ3) is 4.30. The van der Waals surface area contributed by atoms with Gasteiger partial charge in [-0.2, -0.15) is 5.10 Å². The van der Waals surface area contributed by atoms with E-state index in [1.165, 1.54) is 6.26 Å². The highest BCUT2D eigenvalue weighted by Crippen LogP contribution is 2.27. The number of benzene rings is 1. The molecule has 2 aromatic heterocycles. The van der Waals surface area contributed by atoms with Gasteiger partial charge in [0.05, 0.1) is 11.3 Å². The molecule has 1 N–H and O–H groups in total. The lowest BCUT2D eigenvalue weighted by Gasteiger charge is -2.28. The Kier molecular flexibility index (Phi) is 6.72. The second kappa shape index (κ2) is 9.70. The predicted molar refractivity (Wildman–Crippen MR) is 127 cm³/mol. The first-order chi connectivity index (χ1) is 16.4. The first kappa shape index (κ1) is 23.5. The number of carbonyl (C=O) groups excluding carboxylic acids is 3. The Morgan fingerprint density at radius 2 is 1.91 bits per heavy atom. The second-order valence-electron chi connectivity index (χ2n) is 8.53. The highest BCUT2D eigenvalue weighted by atomic mass is 16.3. The number of fused-ring (bicyclic) bond motifs is 1. The Bertz CT molecular complexity index is 1210. The molecule has 4 rings (SSSR count). The number of nitrogens with one attached hydrogen (secondary N) is 1. The SMILES string of the molecule is CCc1cc(C(=O)N[C@@H]2C[C@@H](C(=O)N(CC)CC)N(C(=O)c3coc4ccccc34)C2)n(C)n1. The van der Waals surface area contributed by atoms with E-state index in [1.54, 1.807) is 33.7 Å². The molecule has 180 valence electrons. The Morgan fingerprint density at radius 1 is 1.18 bits per heavy atom. The van der Waals surface area contributed by atoms with E-state index in [0.29, 0.717) is 41.7 Å². The fraction of sp³-hybridized carbons (Fsp3) is 0.440. The average molecular weight is 466 g/mol. The maximum Gasteiger partial charge on any atom is 0.269 e. The summed E-state index contributed by atoms with van der Waals surface area (Å²) < 4.78 is 7.13. The number of hydrogen-bond acceptors (Lipinski definition) is 5. The van der Waals surface area contributed by atoms with Gasteiger partial charge in [0, 0.05) is 38.1 Å². The van der Waals surface area contributed by atoms with Gasteiger partial charge in [-0.15, -0.1) is 0 Å². The molecule has 9 heteroatoms. The molecule has 0 saturated carbocycles. The van der Waals surface area contributed by atoms with Crippen LogP contribution in [0.2, 0.25) is 0 Å². The van der Waals surface area contributed by atoms with Crippen LogP contribution in [-0.2, 0) is 18.3 Å². The van der Waals surface area contributed by atoms with Crippen LogP contribution in [-0.4, -0.2) is 69.0 Å². The second-order valence-corrected chi connectivity index (χ2v) is 8.53. The van der Waals surface area contributed by atoms with E-state index in [-0.39, 0.29) is 30.3 Å². The Balaban J connectivity index is 1.60. The molecule has 3 aromatic rings. The van der Waals surface area contributed by atoms with Crippen molar-refractivity contribution in [1.82, 2.24) is 24.9 Å². The lowest BCUT2D eigenvalue weighted by Crippen LogP contribution is -2.47. The zero-order valence-electron chi connectivity index (χ0n) is 20.1. The normalized spacial score (nSPS) is 17.8. The van der Waals surface area contributed by atoms with E-state index < -0.39 is 6.04 Å². The van der Waals surface area contributed by atoms with E-state index >= 15 is 0 Å². The third-order valence-electron chi connectivity index (χ3n) is 6.49. The molecule has 3 heterocycles. The van der Waals surface area contributed by atoms with Gasteiger partial charge >= 0.3 is 0 Å². The Labute approximate surface area is 198 Å². The van der Waals surface area contributed by atoms with Gasteiger partial charge in [0.1, 0.15) is 23.6 Å². The molecule has 0 unspecified atom stereocenters. The molecule has 0 radical (unpaired) electrons. The molecule has 1 fully saturated rings. The molecular weight excluding hydrogens is 434 g/mol. The number of aromatic nitrogens is 2. The summed E-state index contributed by atoms with van der Waals surface area (Å²) in [6.45, 7) is 7.15. The van der Waals surface area contributed by atoms with E-state index in [2.05, 4.69) is 10.4 Å². The van der Waals surface area contributed by atoms with E-state index in [0.717, 1.165) is 12.1 Å². The minimum Gasteiger partial charge on any atom is -0.463 e. The van der Waals surface area contributed by atoms with Crippen molar-refractivity contribution < 1.29 is 18.8 Å². The highest BCUT2D eigenvalue weighted by molar-refractivity contribution is 6.07. The number of para-hydroxylation sites is 1. The summed E-state index contributed by atoms with van der Waals surface area (Å²) in [5.41, 5.74) is 2.31. The number of likely N-dealkylation sites (N-methyl/N-ethyl adjacent to an activating group) is 1. The molecule has 34 heavy (non-hydrogen) atoms. The van der Waals surface area contributed by atoms with Gasteiger partial charge in [0.25, 0.3) is 11.8 Å². The summed E-state index contributed by atoms with van der Waals surface area (Å²) >= 11 is 0. The van der Waals surface area contributed by atoms with Crippen molar-refractivity contribution in [1.29, 1.82) is 0 Å². The van der Waals surface area contributed by atoms with Crippen LogP contribution in [0.15, 0.2) is 41.0 Å². The van der Waals surface area contributed by atoms with Crippen molar-refractivity contribution in [2.75, 3.05) is 19.6 Å². The molecule has 0 spiro atoms. The molecule has 0 aliphatic carbocycles. The first-order valence-electron chi connectivity index (χ1n) is 11.8. The van der Waals surface area contributed by atoms with Crippen LogP contribution < -0.4 is 5.32 Å². The quantitative estimate of drug-likeness (QED) is 0.578. The summed E-state index contributed by atoms with van der Waals surface area (Å²) in [4.78, 5) is 43.2. The molecule has 1 saturated heterocycles. The van der Waals surface area contributed by atoms with Crippen LogP contribution in [0.1, 0.15) is 53.7 Å². The molecule has 9 nitrogen and oxygen atoms in total. The van der Waals surface area contributed by atoms with Crippen LogP contribution in [0.4, 0.5) is 0 Å². The maximum absolute atomic E-state index is 13.6. The lowest BCUT2D eigenvalue weighted by molar-refractivity contribution is -0.134. The average Bonchev–Trinajstić information content (AvgIpc) is 3.55. The van der Waals surface area contributed by atoms with E-state index in [9.17, 15) is 14.4 Å². The van der Waals surface area contributed by atoms with Crippen molar-refractivity contribution in [3.05, 3.63) is 53.5 Å². The number of amides is 3. The van der Waals surface area contributed by atoms with Gasteiger partial charge in [-0.05, 0) is 38.8 Å². The van der Waals surface area contributed by atoms with Crippen molar-refractivity contribution in [2.24, 2.45) is 7.05 Å². The van der Waals surface area contributed by atoms with Crippen LogP contribution in [0.5, 0.6) is 0 Å². The predicted octanol–water partition coefficient (Wildman–Crippen LogP) is 2.61. The third-order valence-corrected chi connectivity index (χ3v) is 6.49. The van der Waals surface area contributed by atoms with E-state index in [1.807, 2.05) is 39.0 Å². The molecule has 3 amide bonds. The molecule has 1 aliphatic rings. The Morgan fingerprint density at radius 3 is 2.59 bits per heavy atom. The standard InChI is InChI=1S/C25H31N5O4/c1-5-16-12-20(28(4)27-16)23(31)26-17-13-21(25(33)29(6-2)7-3)30(14-17)24(32)19-15-34-22-11-9-8-10-18(19)22/h8-12,15,17,21H,5-7,13-14H2,1-4H3,(H,26,31)/t17-,21+/m1/s1. The van der Waals surface area contributed by atoms with Crippen molar-refractivity contribution in [2.45, 2.75) is 45.7 Å². The summed E-state index contributed by atoms with van der Waals surface area (Å²) in [7, 11) is 1.73. The molecule has 2 atom stereocenters.